The number of aliphatic hydroxyl groups excluding tert-OH is 1. The number of sulfone groups is 1. The average Bonchev–Trinajstić information content (AvgIpc) is 2.47. The Morgan fingerprint density at radius 2 is 1.81 bits per heavy atom. The van der Waals surface area contributed by atoms with Crippen LogP contribution in [0.2, 0.25) is 0 Å². The number of fused-ring (bicyclic) bond motifs is 1. The molecule has 0 saturated heterocycles. The van der Waals surface area contributed by atoms with E-state index in [1.165, 1.54) is 0 Å². The maximum Gasteiger partial charge on any atom is 0.150 e. The maximum atomic E-state index is 11.4. The minimum Gasteiger partial charge on any atom is -0.393 e. The minimum atomic E-state index is -2.93. The Bertz CT molecular complexity index is 687. The summed E-state index contributed by atoms with van der Waals surface area (Å²) >= 11 is 0. The molecule has 0 aromatic heterocycles. The van der Waals surface area contributed by atoms with Gasteiger partial charge in [-0.1, -0.05) is 49.4 Å². The molecule has 0 fully saturated rings. The smallest absolute Gasteiger partial charge is 0.150 e. The predicted octanol–water partition coefficient (Wildman–Crippen LogP) is 2.96. The normalized spacial score (nSPS) is 13.4. The molecule has 2 aromatic rings. The molecule has 0 amide bonds. The van der Waals surface area contributed by atoms with Gasteiger partial charge in [-0.25, -0.2) is 8.42 Å². The lowest BCUT2D eigenvalue weighted by Crippen LogP contribution is -2.15. The third-order valence-electron chi connectivity index (χ3n) is 3.77. The first-order valence-electron chi connectivity index (χ1n) is 7.37. The van der Waals surface area contributed by atoms with E-state index in [1.807, 2.05) is 24.3 Å². The van der Waals surface area contributed by atoms with E-state index in [9.17, 15) is 13.5 Å². The number of hydrogen-bond donors (Lipinski definition) is 1. The third-order valence-corrected chi connectivity index (χ3v) is 5.56. The van der Waals surface area contributed by atoms with Gasteiger partial charge in [0, 0.05) is 5.75 Å². The summed E-state index contributed by atoms with van der Waals surface area (Å²) in [6, 6.07) is 14.2. The zero-order chi connectivity index (χ0) is 15.3. The topological polar surface area (TPSA) is 54.4 Å². The summed E-state index contributed by atoms with van der Waals surface area (Å²) < 4.78 is 22.9. The van der Waals surface area contributed by atoms with Gasteiger partial charge in [0.1, 0.15) is 9.84 Å². The Kier molecular flexibility index (Phi) is 5.37. The largest absolute Gasteiger partial charge is 0.393 e. The summed E-state index contributed by atoms with van der Waals surface area (Å²) in [7, 11) is -2.93. The molecule has 0 aliphatic rings. The van der Waals surface area contributed by atoms with Crippen LogP contribution in [-0.2, 0) is 16.3 Å². The number of hydrogen-bond acceptors (Lipinski definition) is 3. The first-order valence-corrected chi connectivity index (χ1v) is 9.19. The van der Waals surface area contributed by atoms with Gasteiger partial charge in [0.2, 0.25) is 0 Å². The van der Waals surface area contributed by atoms with Crippen molar-refractivity contribution >= 4 is 20.6 Å². The fourth-order valence-corrected chi connectivity index (χ4v) is 3.40. The Labute approximate surface area is 126 Å². The van der Waals surface area contributed by atoms with Gasteiger partial charge in [0.05, 0.1) is 11.9 Å². The Morgan fingerprint density at radius 3 is 2.57 bits per heavy atom. The lowest BCUT2D eigenvalue weighted by molar-refractivity contribution is 0.164. The van der Waals surface area contributed by atoms with Crippen molar-refractivity contribution in [3.05, 3.63) is 48.0 Å². The van der Waals surface area contributed by atoms with E-state index >= 15 is 0 Å². The standard InChI is InChI=1S/C17H22O3S/c1-2-21(19,20)12-6-10-16(18)13-15-9-5-8-14-7-3-4-11-17(14)15/h3-5,7-9,11,16,18H,2,6,10,12-13H2,1H3. The van der Waals surface area contributed by atoms with Crippen molar-refractivity contribution in [1.82, 2.24) is 0 Å². The molecule has 0 radical (unpaired) electrons. The van der Waals surface area contributed by atoms with Gasteiger partial charge in [-0.05, 0) is 35.6 Å². The molecule has 0 aliphatic heterocycles. The lowest BCUT2D eigenvalue weighted by atomic mass is 9.98. The van der Waals surface area contributed by atoms with Crippen molar-refractivity contribution in [3.8, 4) is 0 Å². The van der Waals surface area contributed by atoms with Gasteiger partial charge >= 0.3 is 0 Å². The van der Waals surface area contributed by atoms with Crippen molar-refractivity contribution in [1.29, 1.82) is 0 Å². The second-order valence-electron chi connectivity index (χ2n) is 5.37. The molecule has 3 nitrogen and oxygen atoms in total. The Hall–Kier alpha value is -1.39. The maximum absolute atomic E-state index is 11.4. The molecule has 0 bridgehead atoms. The molecule has 4 heteroatoms. The van der Waals surface area contributed by atoms with Crippen LogP contribution in [0.4, 0.5) is 0 Å². The molecule has 0 heterocycles. The second-order valence-corrected chi connectivity index (χ2v) is 7.85. The summed E-state index contributed by atoms with van der Waals surface area (Å²) in [5.74, 6) is 0.336. The van der Waals surface area contributed by atoms with E-state index in [2.05, 4.69) is 18.2 Å². The van der Waals surface area contributed by atoms with E-state index < -0.39 is 15.9 Å². The second kappa shape index (κ2) is 7.05. The predicted molar refractivity (Wildman–Crippen MR) is 87.2 cm³/mol. The third kappa shape index (κ3) is 4.55. The van der Waals surface area contributed by atoms with Crippen molar-refractivity contribution in [3.63, 3.8) is 0 Å². The lowest BCUT2D eigenvalue weighted by Gasteiger charge is -2.12. The summed E-state index contributed by atoms with van der Waals surface area (Å²) in [5.41, 5.74) is 1.11. The molecule has 1 N–H and O–H groups in total. The molecule has 114 valence electrons. The minimum absolute atomic E-state index is 0.163. The molecular formula is C17H22O3S. The van der Waals surface area contributed by atoms with Crippen LogP contribution in [0, 0.1) is 0 Å². The molecule has 21 heavy (non-hydrogen) atoms. The highest BCUT2D eigenvalue weighted by Gasteiger charge is 2.11. The zero-order valence-electron chi connectivity index (χ0n) is 12.3. The monoisotopic (exact) mass is 306 g/mol. The molecule has 1 atom stereocenters. The molecule has 0 spiro atoms. The first kappa shape index (κ1) is 16.0. The number of aliphatic hydroxyl groups is 1. The molecule has 1 unspecified atom stereocenters. The van der Waals surface area contributed by atoms with Crippen LogP contribution in [0.15, 0.2) is 42.5 Å². The van der Waals surface area contributed by atoms with Crippen molar-refractivity contribution in [2.75, 3.05) is 11.5 Å². The fourth-order valence-electron chi connectivity index (χ4n) is 2.51. The van der Waals surface area contributed by atoms with Crippen LogP contribution >= 0.6 is 0 Å². The van der Waals surface area contributed by atoms with Gasteiger partial charge in [-0.3, -0.25) is 0 Å². The fraction of sp³-hybridized carbons (Fsp3) is 0.412. The van der Waals surface area contributed by atoms with Crippen molar-refractivity contribution in [2.24, 2.45) is 0 Å². The van der Waals surface area contributed by atoms with Crippen molar-refractivity contribution < 1.29 is 13.5 Å². The van der Waals surface area contributed by atoms with Gasteiger partial charge < -0.3 is 5.11 Å². The molecule has 2 rings (SSSR count). The van der Waals surface area contributed by atoms with Gasteiger partial charge in [0.25, 0.3) is 0 Å². The molecule has 0 saturated carbocycles. The first-order chi connectivity index (χ1) is 10.0. The summed E-state index contributed by atoms with van der Waals surface area (Å²) in [5, 5.41) is 12.5. The highest BCUT2D eigenvalue weighted by molar-refractivity contribution is 7.91. The highest BCUT2D eigenvalue weighted by atomic mass is 32.2. The number of rotatable bonds is 7. The highest BCUT2D eigenvalue weighted by Crippen LogP contribution is 2.20. The average molecular weight is 306 g/mol. The Morgan fingerprint density at radius 1 is 1.10 bits per heavy atom. The quantitative estimate of drug-likeness (QED) is 0.855. The van der Waals surface area contributed by atoms with E-state index in [0.29, 0.717) is 19.3 Å². The Balaban J connectivity index is 1.97. The summed E-state index contributed by atoms with van der Waals surface area (Å²) in [6.07, 6.45) is 1.10. The zero-order valence-corrected chi connectivity index (χ0v) is 13.1. The summed E-state index contributed by atoms with van der Waals surface area (Å²) in [4.78, 5) is 0. The van der Waals surface area contributed by atoms with Crippen LogP contribution in [0.1, 0.15) is 25.3 Å². The van der Waals surface area contributed by atoms with E-state index in [-0.39, 0.29) is 11.5 Å². The SMILES string of the molecule is CCS(=O)(=O)CCCC(O)Cc1cccc2ccccc12. The van der Waals surface area contributed by atoms with E-state index in [1.54, 1.807) is 6.92 Å². The van der Waals surface area contributed by atoms with Crippen LogP contribution in [0.5, 0.6) is 0 Å². The van der Waals surface area contributed by atoms with Gasteiger partial charge in [-0.15, -0.1) is 0 Å². The molecule has 0 aliphatic carbocycles. The molecule has 2 aromatic carbocycles. The van der Waals surface area contributed by atoms with E-state index in [4.69, 9.17) is 0 Å². The van der Waals surface area contributed by atoms with Crippen LogP contribution in [-0.4, -0.2) is 31.1 Å². The van der Waals surface area contributed by atoms with Gasteiger partial charge in [0.15, 0.2) is 0 Å². The summed E-state index contributed by atoms with van der Waals surface area (Å²) in [6.45, 7) is 1.65. The number of benzene rings is 2. The van der Waals surface area contributed by atoms with Crippen LogP contribution in [0.25, 0.3) is 10.8 Å². The van der Waals surface area contributed by atoms with E-state index in [0.717, 1.165) is 16.3 Å². The molecular weight excluding hydrogens is 284 g/mol. The van der Waals surface area contributed by atoms with Gasteiger partial charge in [-0.2, -0.15) is 0 Å². The van der Waals surface area contributed by atoms with Crippen LogP contribution < -0.4 is 0 Å². The van der Waals surface area contributed by atoms with Crippen molar-refractivity contribution in [2.45, 2.75) is 32.3 Å². The van der Waals surface area contributed by atoms with Crippen LogP contribution in [0.3, 0.4) is 0 Å².